The van der Waals surface area contributed by atoms with E-state index in [1.54, 1.807) is 31.2 Å². The van der Waals surface area contributed by atoms with Crippen LogP contribution < -0.4 is 9.73 Å². The maximum Gasteiger partial charge on any atom is 0.264 e. The largest absolute Gasteiger partial charge is 0.271 e. The molecule has 0 aliphatic rings. The molecule has 1 amide bonds. The molecule has 6 nitrogen and oxygen atoms in total. The molecule has 0 saturated heterocycles. The van der Waals surface area contributed by atoms with Crippen LogP contribution in [0, 0.1) is 13.8 Å². The van der Waals surface area contributed by atoms with E-state index in [0.717, 1.165) is 21.0 Å². The number of carbonyl (C=O) groups excluding carboxylic acids is 1. The van der Waals surface area contributed by atoms with Gasteiger partial charge in [-0.2, -0.15) is 5.10 Å². The summed E-state index contributed by atoms with van der Waals surface area (Å²) < 4.78 is 28.1. The minimum Gasteiger partial charge on any atom is -0.271 e. The number of hydrogen-bond acceptors (Lipinski definition) is 4. The van der Waals surface area contributed by atoms with E-state index in [0.29, 0.717) is 11.4 Å². The summed E-state index contributed by atoms with van der Waals surface area (Å²) in [5.41, 5.74) is 7.49. The molecule has 0 radical (unpaired) electrons. The Labute approximate surface area is 208 Å². The Morgan fingerprint density at radius 2 is 1.57 bits per heavy atom. The summed E-state index contributed by atoms with van der Waals surface area (Å²) in [6.07, 6.45) is 0. The topological polar surface area (TPSA) is 78.8 Å². The van der Waals surface area contributed by atoms with Crippen LogP contribution in [0.2, 0.25) is 0 Å². The second-order valence-electron chi connectivity index (χ2n) is 9.67. The van der Waals surface area contributed by atoms with Crippen LogP contribution in [0.4, 0.5) is 5.69 Å². The normalized spacial score (nSPS) is 12.3. The smallest absolute Gasteiger partial charge is 0.264 e. The number of carbonyl (C=O) groups is 1. The van der Waals surface area contributed by atoms with Crippen LogP contribution in [0.3, 0.4) is 0 Å². The zero-order valence-electron chi connectivity index (χ0n) is 21.2. The van der Waals surface area contributed by atoms with Gasteiger partial charge in [0.25, 0.3) is 15.9 Å². The quantitative estimate of drug-likeness (QED) is 0.358. The second kappa shape index (κ2) is 10.4. The second-order valence-corrected chi connectivity index (χ2v) is 11.5. The van der Waals surface area contributed by atoms with Crippen LogP contribution in [-0.2, 0) is 20.2 Å². The predicted octanol–water partition coefficient (Wildman–Crippen LogP) is 5.34. The van der Waals surface area contributed by atoms with Gasteiger partial charge in [-0.1, -0.05) is 80.9 Å². The minimum absolute atomic E-state index is 0.0413. The van der Waals surface area contributed by atoms with E-state index >= 15 is 0 Å². The average Bonchev–Trinajstić information content (AvgIpc) is 2.81. The van der Waals surface area contributed by atoms with Gasteiger partial charge < -0.3 is 0 Å². The number of sulfonamides is 1. The Balaban J connectivity index is 1.85. The van der Waals surface area contributed by atoms with Gasteiger partial charge in [-0.3, -0.25) is 9.10 Å². The Bertz CT molecular complexity index is 1320. The van der Waals surface area contributed by atoms with Gasteiger partial charge in [-0.15, -0.1) is 0 Å². The van der Waals surface area contributed by atoms with E-state index in [1.165, 1.54) is 17.7 Å². The van der Waals surface area contributed by atoms with Crippen molar-refractivity contribution < 1.29 is 13.2 Å². The van der Waals surface area contributed by atoms with Crippen LogP contribution in [0.15, 0.2) is 82.8 Å². The standard InChI is InChI=1S/C28H33N3O3S/c1-20-12-17-26(21(2)18-20)31(35(33,34)25-10-8-7-9-11-25)19-27(32)30-29-22(3)23-13-15-24(16-14-23)28(4,5)6/h7-18H,19H2,1-6H3,(H,30,32)/b29-22-. The van der Waals surface area contributed by atoms with E-state index in [-0.39, 0.29) is 10.3 Å². The SMILES string of the molecule is C/C(=N/NC(=O)CN(c1ccc(C)cc1C)S(=O)(=O)c1ccccc1)c1ccc(C(C)(C)C)cc1. The zero-order chi connectivity index (χ0) is 25.8. The molecule has 7 heteroatoms. The molecular weight excluding hydrogens is 458 g/mol. The summed E-state index contributed by atoms with van der Waals surface area (Å²) in [5.74, 6) is -0.532. The van der Waals surface area contributed by atoms with Crippen molar-refractivity contribution in [2.45, 2.75) is 51.9 Å². The highest BCUT2D eigenvalue weighted by molar-refractivity contribution is 7.92. The van der Waals surface area contributed by atoms with Crippen molar-refractivity contribution in [2.75, 3.05) is 10.8 Å². The highest BCUT2D eigenvalue weighted by Crippen LogP contribution is 2.27. The van der Waals surface area contributed by atoms with Crippen molar-refractivity contribution in [1.82, 2.24) is 5.43 Å². The lowest BCUT2D eigenvalue weighted by molar-refractivity contribution is -0.119. The fraction of sp³-hybridized carbons (Fsp3) is 0.286. The van der Waals surface area contributed by atoms with Crippen LogP contribution in [0.25, 0.3) is 0 Å². The number of nitrogens with one attached hydrogen (secondary N) is 1. The first-order valence-corrected chi connectivity index (χ1v) is 12.9. The third kappa shape index (κ3) is 6.36. The molecule has 0 heterocycles. The monoisotopic (exact) mass is 491 g/mol. The molecule has 35 heavy (non-hydrogen) atoms. The Morgan fingerprint density at radius 3 is 2.14 bits per heavy atom. The molecule has 0 atom stereocenters. The molecule has 3 aromatic rings. The molecule has 1 N–H and O–H groups in total. The Morgan fingerprint density at radius 1 is 0.943 bits per heavy atom. The van der Waals surface area contributed by atoms with Gasteiger partial charge in [-0.25, -0.2) is 13.8 Å². The third-order valence-corrected chi connectivity index (χ3v) is 7.53. The number of nitrogens with zero attached hydrogens (tertiary/aromatic N) is 2. The van der Waals surface area contributed by atoms with Crippen molar-refractivity contribution in [1.29, 1.82) is 0 Å². The van der Waals surface area contributed by atoms with Crippen molar-refractivity contribution in [3.05, 3.63) is 95.1 Å². The average molecular weight is 492 g/mol. The first-order chi connectivity index (χ1) is 16.4. The first-order valence-electron chi connectivity index (χ1n) is 11.5. The van der Waals surface area contributed by atoms with E-state index in [9.17, 15) is 13.2 Å². The summed E-state index contributed by atoms with van der Waals surface area (Å²) in [6.45, 7) is 11.6. The number of amides is 1. The maximum absolute atomic E-state index is 13.5. The van der Waals surface area contributed by atoms with E-state index in [4.69, 9.17) is 0 Å². The van der Waals surface area contributed by atoms with E-state index in [1.807, 2.05) is 50.2 Å². The summed E-state index contributed by atoms with van der Waals surface area (Å²) >= 11 is 0. The molecule has 3 rings (SSSR count). The van der Waals surface area contributed by atoms with Gasteiger partial charge in [0, 0.05) is 0 Å². The fourth-order valence-electron chi connectivity index (χ4n) is 3.69. The molecule has 0 fully saturated rings. The fourth-order valence-corrected chi connectivity index (χ4v) is 5.20. The van der Waals surface area contributed by atoms with Gasteiger partial charge in [0.15, 0.2) is 0 Å². The predicted molar refractivity (Wildman–Crippen MR) is 142 cm³/mol. The summed E-state index contributed by atoms with van der Waals surface area (Å²) in [5, 5.41) is 4.22. The van der Waals surface area contributed by atoms with E-state index in [2.05, 4.69) is 31.3 Å². The van der Waals surface area contributed by atoms with Crippen LogP contribution in [-0.4, -0.2) is 26.6 Å². The lowest BCUT2D eigenvalue weighted by Crippen LogP contribution is -2.40. The molecule has 3 aromatic carbocycles. The first kappa shape index (κ1) is 26.2. The number of hydrogen-bond donors (Lipinski definition) is 1. The number of aryl methyl sites for hydroxylation is 2. The summed E-state index contributed by atoms with van der Waals surface area (Å²) in [4.78, 5) is 13.0. The van der Waals surface area contributed by atoms with Crippen molar-refractivity contribution in [3.63, 3.8) is 0 Å². The van der Waals surface area contributed by atoms with Crippen molar-refractivity contribution in [2.24, 2.45) is 5.10 Å². The highest BCUT2D eigenvalue weighted by Gasteiger charge is 2.28. The molecule has 0 aliphatic heterocycles. The van der Waals surface area contributed by atoms with Crippen LogP contribution in [0.5, 0.6) is 0 Å². The van der Waals surface area contributed by atoms with Crippen LogP contribution in [0.1, 0.15) is 49.9 Å². The van der Waals surface area contributed by atoms with Gasteiger partial charge >= 0.3 is 0 Å². The van der Waals surface area contributed by atoms with Crippen LogP contribution >= 0.6 is 0 Å². The Hall–Kier alpha value is -3.45. The Kier molecular flexibility index (Phi) is 7.80. The van der Waals surface area contributed by atoms with E-state index < -0.39 is 22.5 Å². The minimum atomic E-state index is -3.97. The number of hydrazone groups is 1. The molecule has 0 aliphatic carbocycles. The molecule has 0 bridgehead atoms. The highest BCUT2D eigenvalue weighted by atomic mass is 32.2. The lowest BCUT2D eigenvalue weighted by atomic mass is 9.86. The molecule has 0 spiro atoms. The number of rotatable bonds is 7. The van der Waals surface area contributed by atoms with Crippen molar-refractivity contribution >= 4 is 27.3 Å². The molecule has 0 saturated carbocycles. The molecule has 184 valence electrons. The molecular formula is C28H33N3O3S. The lowest BCUT2D eigenvalue weighted by Gasteiger charge is -2.25. The van der Waals surface area contributed by atoms with Crippen molar-refractivity contribution in [3.8, 4) is 0 Å². The van der Waals surface area contributed by atoms with Gasteiger partial charge in [0.05, 0.1) is 16.3 Å². The summed E-state index contributed by atoms with van der Waals surface area (Å²) in [7, 11) is -3.97. The third-order valence-electron chi connectivity index (χ3n) is 5.76. The summed E-state index contributed by atoms with van der Waals surface area (Å²) in [6, 6.07) is 21.6. The van der Waals surface area contributed by atoms with Gasteiger partial charge in [-0.05, 0) is 61.1 Å². The van der Waals surface area contributed by atoms with Gasteiger partial charge in [0.2, 0.25) is 0 Å². The van der Waals surface area contributed by atoms with Gasteiger partial charge in [0.1, 0.15) is 6.54 Å². The number of benzene rings is 3. The maximum atomic E-state index is 13.5. The number of anilines is 1. The molecule has 0 unspecified atom stereocenters. The zero-order valence-corrected chi connectivity index (χ0v) is 22.0. The molecule has 0 aromatic heterocycles.